The predicted octanol–water partition coefficient (Wildman–Crippen LogP) is 1.35. The minimum absolute atomic E-state index is 0.258. The first kappa shape index (κ1) is 18.4. The molecule has 0 aliphatic carbocycles. The highest BCUT2D eigenvalue weighted by Crippen LogP contribution is 2.22. The van der Waals surface area contributed by atoms with Crippen LogP contribution in [0.3, 0.4) is 0 Å². The highest BCUT2D eigenvalue weighted by atomic mass is 16.6. The molecule has 0 aromatic heterocycles. The number of benzene rings is 1. The second-order valence-electron chi connectivity index (χ2n) is 6.49. The smallest absolute Gasteiger partial charge is 0.408 e. The number of rotatable bonds is 4. The van der Waals surface area contributed by atoms with Gasteiger partial charge in [0.25, 0.3) is 11.8 Å². The number of nitrogens with one attached hydrogen (secondary N) is 1. The van der Waals surface area contributed by atoms with Crippen LogP contribution in [0.1, 0.15) is 41.5 Å². The number of hydrogen-bond donors (Lipinski definition) is 1. The molecule has 3 amide bonds. The van der Waals surface area contributed by atoms with Crippen LogP contribution in [0, 0.1) is 0 Å². The van der Waals surface area contributed by atoms with Gasteiger partial charge in [0, 0.05) is 0 Å². The van der Waals surface area contributed by atoms with Crippen LogP contribution in [0.25, 0.3) is 0 Å². The maximum atomic E-state index is 12.4. The number of ether oxygens (including phenoxy) is 2. The average Bonchev–Trinajstić information content (AvgIpc) is 2.77. The number of methoxy groups -OCH3 is 1. The number of imide groups is 1. The van der Waals surface area contributed by atoms with Crippen LogP contribution in [-0.2, 0) is 14.3 Å². The van der Waals surface area contributed by atoms with E-state index in [9.17, 15) is 19.2 Å². The molecule has 0 bridgehead atoms. The van der Waals surface area contributed by atoms with E-state index in [-0.39, 0.29) is 17.7 Å². The van der Waals surface area contributed by atoms with Gasteiger partial charge in [-0.3, -0.25) is 14.5 Å². The maximum Gasteiger partial charge on any atom is 0.408 e. The Labute approximate surface area is 145 Å². The maximum absolute atomic E-state index is 12.4. The van der Waals surface area contributed by atoms with Crippen LogP contribution >= 0.6 is 0 Å². The van der Waals surface area contributed by atoms with Gasteiger partial charge in [-0.25, -0.2) is 9.59 Å². The number of hydrogen-bond acceptors (Lipinski definition) is 6. The topological polar surface area (TPSA) is 102 Å². The first-order valence-electron chi connectivity index (χ1n) is 7.66. The molecule has 0 unspecified atom stereocenters. The minimum atomic E-state index is -1.23. The van der Waals surface area contributed by atoms with E-state index in [2.05, 4.69) is 10.1 Å². The Morgan fingerprint density at radius 3 is 2.08 bits per heavy atom. The van der Waals surface area contributed by atoms with Gasteiger partial charge in [-0.2, -0.15) is 0 Å². The molecule has 1 N–H and O–H groups in total. The van der Waals surface area contributed by atoms with Gasteiger partial charge in [-0.1, -0.05) is 12.1 Å². The molecule has 134 valence electrons. The van der Waals surface area contributed by atoms with Crippen molar-refractivity contribution in [1.82, 2.24) is 10.2 Å². The molecule has 25 heavy (non-hydrogen) atoms. The zero-order chi connectivity index (χ0) is 18.8. The Kier molecular flexibility index (Phi) is 5.10. The Balaban J connectivity index is 2.16. The van der Waals surface area contributed by atoms with Crippen molar-refractivity contribution in [2.24, 2.45) is 0 Å². The number of alkyl carbamates (subject to hydrolysis) is 1. The largest absolute Gasteiger partial charge is 0.467 e. The molecule has 0 radical (unpaired) electrons. The summed E-state index contributed by atoms with van der Waals surface area (Å²) in [6, 6.07) is 5.12. The fraction of sp³-hybridized carbons (Fsp3) is 0.412. The molecular formula is C17H20N2O6. The zero-order valence-electron chi connectivity index (χ0n) is 14.5. The first-order chi connectivity index (χ1) is 11.6. The summed E-state index contributed by atoms with van der Waals surface area (Å²) in [5.41, 5.74) is -0.248. The second kappa shape index (κ2) is 6.92. The normalized spacial score (nSPS) is 14.8. The first-order valence-corrected chi connectivity index (χ1v) is 7.66. The van der Waals surface area contributed by atoms with E-state index >= 15 is 0 Å². The van der Waals surface area contributed by atoms with Crippen LogP contribution in [0.15, 0.2) is 24.3 Å². The highest BCUT2D eigenvalue weighted by molar-refractivity contribution is 6.21. The lowest BCUT2D eigenvalue weighted by atomic mass is 10.1. The lowest BCUT2D eigenvalue weighted by Crippen LogP contribution is -2.51. The van der Waals surface area contributed by atoms with Crippen molar-refractivity contribution in [2.45, 2.75) is 32.4 Å². The molecule has 1 heterocycles. The Hall–Kier alpha value is -2.90. The van der Waals surface area contributed by atoms with Crippen LogP contribution < -0.4 is 5.32 Å². The molecule has 0 saturated heterocycles. The van der Waals surface area contributed by atoms with E-state index in [1.807, 2.05) is 0 Å². The van der Waals surface area contributed by atoms with E-state index < -0.39 is 35.5 Å². The summed E-state index contributed by atoms with van der Waals surface area (Å²) in [6.07, 6.45) is -0.848. The number of esters is 1. The lowest BCUT2D eigenvalue weighted by molar-refractivity contribution is -0.143. The van der Waals surface area contributed by atoms with Crippen molar-refractivity contribution < 1.29 is 28.7 Å². The second-order valence-corrected chi connectivity index (χ2v) is 6.49. The molecule has 2 rings (SSSR count). The van der Waals surface area contributed by atoms with Gasteiger partial charge in [-0.05, 0) is 32.9 Å². The molecule has 1 aromatic rings. The zero-order valence-corrected chi connectivity index (χ0v) is 14.5. The number of carbonyl (C=O) groups is 4. The van der Waals surface area contributed by atoms with Crippen LogP contribution in [0.5, 0.6) is 0 Å². The van der Waals surface area contributed by atoms with Crippen molar-refractivity contribution in [3.8, 4) is 0 Å². The number of amides is 3. The summed E-state index contributed by atoms with van der Waals surface area (Å²) in [6.45, 7) is 4.66. The summed E-state index contributed by atoms with van der Waals surface area (Å²) in [4.78, 5) is 49.5. The van der Waals surface area contributed by atoms with Gasteiger partial charge in [0.1, 0.15) is 11.6 Å². The predicted molar refractivity (Wildman–Crippen MR) is 87.0 cm³/mol. The Morgan fingerprint density at radius 2 is 1.64 bits per heavy atom. The molecule has 8 heteroatoms. The van der Waals surface area contributed by atoms with Gasteiger partial charge < -0.3 is 14.8 Å². The summed E-state index contributed by atoms with van der Waals surface area (Å²) in [7, 11) is 1.15. The van der Waals surface area contributed by atoms with Crippen molar-refractivity contribution in [1.29, 1.82) is 0 Å². The van der Waals surface area contributed by atoms with Gasteiger partial charge in [-0.15, -0.1) is 0 Å². The third kappa shape index (κ3) is 4.14. The molecular weight excluding hydrogens is 328 g/mol. The van der Waals surface area contributed by atoms with Crippen molar-refractivity contribution in [3.63, 3.8) is 0 Å². The Bertz CT molecular complexity index is 687. The monoisotopic (exact) mass is 348 g/mol. The van der Waals surface area contributed by atoms with Gasteiger partial charge in [0.15, 0.2) is 0 Å². The summed E-state index contributed by atoms with van der Waals surface area (Å²) < 4.78 is 9.74. The summed E-state index contributed by atoms with van der Waals surface area (Å²) in [5, 5.41) is 2.34. The average molecular weight is 348 g/mol. The van der Waals surface area contributed by atoms with E-state index in [1.54, 1.807) is 32.9 Å². The molecule has 1 aliphatic rings. The van der Waals surface area contributed by atoms with Gasteiger partial charge in [0.2, 0.25) is 0 Å². The number of fused-ring (bicyclic) bond motifs is 1. The van der Waals surface area contributed by atoms with Crippen LogP contribution in [-0.4, -0.2) is 54.1 Å². The standard InChI is InChI=1S/C17H20N2O6/c1-17(2,3)25-16(23)18-12(15(22)24-4)9-19-13(20)10-7-5-6-8-11(10)14(19)21/h5-8,12H,9H2,1-4H3,(H,18,23)/t12-/m0/s1. The molecule has 0 spiro atoms. The fourth-order valence-corrected chi connectivity index (χ4v) is 2.36. The third-order valence-corrected chi connectivity index (χ3v) is 3.42. The van der Waals surface area contributed by atoms with E-state index in [0.29, 0.717) is 0 Å². The summed E-state index contributed by atoms with van der Waals surface area (Å²) in [5.74, 6) is -1.84. The van der Waals surface area contributed by atoms with Crippen molar-refractivity contribution in [3.05, 3.63) is 35.4 Å². The quantitative estimate of drug-likeness (QED) is 0.651. The molecule has 8 nitrogen and oxygen atoms in total. The Morgan fingerprint density at radius 1 is 1.12 bits per heavy atom. The fourth-order valence-electron chi connectivity index (χ4n) is 2.36. The molecule has 1 atom stereocenters. The summed E-state index contributed by atoms with van der Waals surface area (Å²) >= 11 is 0. The van der Waals surface area contributed by atoms with E-state index in [4.69, 9.17) is 4.74 Å². The molecule has 1 aromatic carbocycles. The molecule has 0 fully saturated rings. The SMILES string of the molecule is COC(=O)[C@H](CN1C(=O)c2ccccc2C1=O)NC(=O)OC(C)(C)C. The number of carbonyl (C=O) groups excluding carboxylic acids is 4. The van der Waals surface area contributed by atoms with Crippen molar-refractivity contribution >= 4 is 23.9 Å². The van der Waals surface area contributed by atoms with Gasteiger partial charge >= 0.3 is 12.1 Å². The number of nitrogens with zero attached hydrogens (tertiary/aromatic N) is 1. The lowest BCUT2D eigenvalue weighted by Gasteiger charge is -2.24. The van der Waals surface area contributed by atoms with E-state index in [1.165, 1.54) is 12.1 Å². The van der Waals surface area contributed by atoms with Gasteiger partial charge in [0.05, 0.1) is 24.8 Å². The minimum Gasteiger partial charge on any atom is -0.467 e. The van der Waals surface area contributed by atoms with Crippen molar-refractivity contribution in [2.75, 3.05) is 13.7 Å². The highest BCUT2D eigenvalue weighted by Gasteiger charge is 2.38. The van der Waals surface area contributed by atoms with Crippen LogP contribution in [0.2, 0.25) is 0 Å². The van der Waals surface area contributed by atoms with E-state index in [0.717, 1.165) is 12.0 Å². The van der Waals surface area contributed by atoms with Crippen LogP contribution in [0.4, 0.5) is 4.79 Å². The molecule has 1 aliphatic heterocycles. The third-order valence-electron chi connectivity index (χ3n) is 3.42. The molecule has 0 saturated carbocycles.